The van der Waals surface area contributed by atoms with Gasteiger partial charge < -0.3 is 10.4 Å². The van der Waals surface area contributed by atoms with Crippen molar-refractivity contribution >= 4 is 5.91 Å². The minimum Gasteiger partial charge on any atom is -0.396 e. The summed E-state index contributed by atoms with van der Waals surface area (Å²) < 4.78 is 0. The number of aliphatic hydroxyl groups excluding tert-OH is 1. The molecule has 0 radical (unpaired) electrons. The maximum atomic E-state index is 12.2. The molecule has 112 valence electrons. The van der Waals surface area contributed by atoms with Crippen LogP contribution in [0.5, 0.6) is 0 Å². The summed E-state index contributed by atoms with van der Waals surface area (Å²) in [5.41, 5.74) is -0.101. The van der Waals surface area contributed by atoms with Crippen LogP contribution in [-0.4, -0.2) is 47.2 Å². The van der Waals surface area contributed by atoms with Crippen LogP contribution in [0.3, 0.4) is 0 Å². The van der Waals surface area contributed by atoms with Gasteiger partial charge in [-0.05, 0) is 65.5 Å². The molecule has 0 aliphatic carbocycles. The smallest absolute Gasteiger partial charge is 0.237 e. The molecule has 0 saturated carbocycles. The molecular weight excluding hydrogens is 240 g/mol. The van der Waals surface area contributed by atoms with Crippen molar-refractivity contribution in [3.8, 4) is 0 Å². The molecule has 1 atom stereocenters. The van der Waals surface area contributed by atoms with Crippen molar-refractivity contribution in [1.82, 2.24) is 10.2 Å². The third kappa shape index (κ3) is 4.46. The van der Waals surface area contributed by atoms with E-state index in [4.69, 9.17) is 0 Å². The highest BCUT2D eigenvalue weighted by atomic mass is 16.3. The van der Waals surface area contributed by atoms with Crippen LogP contribution in [0.2, 0.25) is 0 Å². The SMILES string of the molecule is CCC1(CO)CCN(C(C)C(=O)NC(C)(C)C)CC1. The number of nitrogens with zero attached hydrogens (tertiary/aromatic N) is 1. The molecule has 4 nitrogen and oxygen atoms in total. The highest BCUT2D eigenvalue weighted by Crippen LogP contribution is 2.34. The van der Waals surface area contributed by atoms with E-state index in [1.807, 2.05) is 27.7 Å². The van der Waals surface area contributed by atoms with Gasteiger partial charge in [0.1, 0.15) is 0 Å². The summed E-state index contributed by atoms with van der Waals surface area (Å²) in [6.45, 7) is 12.2. The van der Waals surface area contributed by atoms with E-state index in [2.05, 4.69) is 17.1 Å². The molecule has 4 heteroatoms. The van der Waals surface area contributed by atoms with Crippen molar-refractivity contribution in [3.05, 3.63) is 0 Å². The zero-order chi connectivity index (χ0) is 14.7. The Labute approximate surface area is 117 Å². The van der Waals surface area contributed by atoms with E-state index in [-0.39, 0.29) is 29.5 Å². The maximum absolute atomic E-state index is 12.2. The number of carbonyl (C=O) groups excluding carboxylic acids is 1. The lowest BCUT2D eigenvalue weighted by atomic mass is 9.76. The summed E-state index contributed by atoms with van der Waals surface area (Å²) in [7, 11) is 0. The summed E-state index contributed by atoms with van der Waals surface area (Å²) >= 11 is 0. The molecule has 0 aromatic carbocycles. The van der Waals surface area contributed by atoms with Gasteiger partial charge in [0.05, 0.1) is 6.04 Å². The van der Waals surface area contributed by atoms with Crippen LogP contribution in [0.1, 0.15) is 53.9 Å². The lowest BCUT2D eigenvalue weighted by Gasteiger charge is -2.42. The van der Waals surface area contributed by atoms with Gasteiger partial charge in [0.25, 0.3) is 0 Å². The quantitative estimate of drug-likeness (QED) is 0.818. The second-order valence-corrected chi connectivity index (χ2v) is 6.96. The molecule has 1 aliphatic heterocycles. The Hall–Kier alpha value is -0.610. The van der Waals surface area contributed by atoms with Gasteiger partial charge in [0.15, 0.2) is 0 Å². The van der Waals surface area contributed by atoms with E-state index < -0.39 is 0 Å². The first kappa shape index (κ1) is 16.4. The molecule has 1 heterocycles. The first-order chi connectivity index (χ1) is 8.73. The Morgan fingerprint density at radius 1 is 1.37 bits per heavy atom. The van der Waals surface area contributed by atoms with Crippen LogP contribution in [0.15, 0.2) is 0 Å². The zero-order valence-electron chi connectivity index (χ0n) is 13.1. The van der Waals surface area contributed by atoms with Gasteiger partial charge in [0.2, 0.25) is 5.91 Å². The van der Waals surface area contributed by atoms with Crippen LogP contribution >= 0.6 is 0 Å². The average Bonchev–Trinajstić information content (AvgIpc) is 2.36. The van der Waals surface area contributed by atoms with Crippen molar-refractivity contribution in [3.63, 3.8) is 0 Å². The van der Waals surface area contributed by atoms with Crippen LogP contribution in [0.25, 0.3) is 0 Å². The molecule has 0 aromatic rings. The average molecular weight is 270 g/mol. The Balaban J connectivity index is 2.53. The number of rotatable bonds is 4. The lowest BCUT2D eigenvalue weighted by Crippen LogP contribution is -2.54. The number of piperidine rings is 1. The van der Waals surface area contributed by atoms with Crippen LogP contribution in [0.4, 0.5) is 0 Å². The van der Waals surface area contributed by atoms with Gasteiger partial charge in [-0.3, -0.25) is 9.69 Å². The molecule has 1 amide bonds. The molecule has 0 aromatic heterocycles. The van der Waals surface area contributed by atoms with Gasteiger partial charge in [-0.15, -0.1) is 0 Å². The van der Waals surface area contributed by atoms with Crippen molar-refractivity contribution in [2.24, 2.45) is 5.41 Å². The zero-order valence-corrected chi connectivity index (χ0v) is 13.1. The van der Waals surface area contributed by atoms with Gasteiger partial charge in [0, 0.05) is 12.1 Å². The van der Waals surface area contributed by atoms with E-state index in [0.717, 1.165) is 32.4 Å². The third-order valence-electron chi connectivity index (χ3n) is 4.37. The van der Waals surface area contributed by atoms with Crippen LogP contribution in [-0.2, 0) is 4.79 Å². The van der Waals surface area contributed by atoms with Crippen LogP contribution in [0, 0.1) is 5.41 Å². The Morgan fingerprint density at radius 3 is 2.26 bits per heavy atom. The normalized spacial score (nSPS) is 22.0. The molecule has 1 aliphatic rings. The summed E-state index contributed by atoms with van der Waals surface area (Å²) in [5, 5.41) is 12.6. The van der Waals surface area contributed by atoms with Gasteiger partial charge in [-0.25, -0.2) is 0 Å². The topological polar surface area (TPSA) is 52.6 Å². The summed E-state index contributed by atoms with van der Waals surface area (Å²) in [6.07, 6.45) is 2.97. The van der Waals surface area contributed by atoms with E-state index in [0.29, 0.717) is 0 Å². The molecule has 2 N–H and O–H groups in total. The molecule has 1 unspecified atom stereocenters. The third-order valence-corrected chi connectivity index (χ3v) is 4.37. The largest absolute Gasteiger partial charge is 0.396 e. The van der Waals surface area contributed by atoms with Gasteiger partial charge >= 0.3 is 0 Å². The highest BCUT2D eigenvalue weighted by Gasteiger charge is 2.35. The summed E-state index contributed by atoms with van der Waals surface area (Å²) in [6, 6.07) is -0.0900. The second-order valence-electron chi connectivity index (χ2n) is 6.96. The Kier molecular flexibility index (Phi) is 5.39. The summed E-state index contributed by atoms with van der Waals surface area (Å²) in [5.74, 6) is 0.0977. The van der Waals surface area contributed by atoms with Gasteiger partial charge in [-0.2, -0.15) is 0 Å². The standard InChI is InChI=1S/C15H30N2O2/c1-6-15(11-18)7-9-17(10-8-15)12(2)13(19)16-14(3,4)5/h12,18H,6-11H2,1-5H3,(H,16,19). The first-order valence-corrected chi connectivity index (χ1v) is 7.40. The molecule has 1 saturated heterocycles. The minimum absolute atomic E-state index is 0.0801. The molecular formula is C15H30N2O2. The highest BCUT2D eigenvalue weighted by molar-refractivity contribution is 5.81. The molecule has 1 rings (SSSR count). The minimum atomic E-state index is -0.181. The fourth-order valence-electron chi connectivity index (χ4n) is 2.65. The maximum Gasteiger partial charge on any atom is 0.237 e. The predicted molar refractivity (Wildman–Crippen MR) is 78.0 cm³/mol. The summed E-state index contributed by atoms with van der Waals surface area (Å²) in [4.78, 5) is 14.4. The first-order valence-electron chi connectivity index (χ1n) is 7.40. The number of amides is 1. The fraction of sp³-hybridized carbons (Fsp3) is 0.933. The molecule has 1 fully saturated rings. The van der Waals surface area contributed by atoms with Crippen LogP contribution < -0.4 is 5.32 Å². The van der Waals surface area contributed by atoms with Crippen molar-refractivity contribution in [2.45, 2.75) is 65.5 Å². The van der Waals surface area contributed by atoms with E-state index in [9.17, 15) is 9.90 Å². The molecule has 0 spiro atoms. The Morgan fingerprint density at radius 2 is 1.89 bits per heavy atom. The predicted octanol–water partition coefficient (Wildman–Crippen LogP) is 1.77. The van der Waals surface area contributed by atoms with E-state index in [1.54, 1.807) is 0 Å². The number of hydrogen-bond donors (Lipinski definition) is 2. The van der Waals surface area contributed by atoms with Gasteiger partial charge in [-0.1, -0.05) is 6.92 Å². The van der Waals surface area contributed by atoms with Crippen molar-refractivity contribution in [2.75, 3.05) is 19.7 Å². The lowest BCUT2D eigenvalue weighted by molar-refractivity contribution is -0.128. The number of hydrogen-bond acceptors (Lipinski definition) is 3. The second kappa shape index (κ2) is 6.23. The number of carbonyl (C=O) groups is 1. The number of aliphatic hydroxyl groups is 1. The monoisotopic (exact) mass is 270 g/mol. The van der Waals surface area contributed by atoms with Crippen molar-refractivity contribution in [1.29, 1.82) is 0 Å². The molecule has 19 heavy (non-hydrogen) atoms. The number of likely N-dealkylation sites (tertiary alicyclic amines) is 1. The molecule has 0 bridgehead atoms. The van der Waals surface area contributed by atoms with Crippen molar-refractivity contribution < 1.29 is 9.90 Å². The Bertz CT molecular complexity index is 296. The number of nitrogens with one attached hydrogen (secondary N) is 1. The van der Waals surface area contributed by atoms with E-state index in [1.165, 1.54) is 0 Å². The van der Waals surface area contributed by atoms with E-state index >= 15 is 0 Å². The fourth-order valence-corrected chi connectivity index (χ4v) is 2.65.